The number of alkyl halides is 1. The fourth-order valence-corrected chi connectivity index (χ4v) is 5.37. The van der Waals surface area contributed by atoms with Crippen LogP contribution in [0, 0.1) is 10.1 Å². The molecule has 0 radical (unpaired) electrons. The van der Waals surface area contributed by atoms with Crippen molar-refractivity contribution in [3.8, 4) is 0 Å². The summed E-state index contributed by atoms with van der Waals surface area (Å²) in [5, 5.41) is 10.7. The van der Waals surface area contributed by atoms with Gasteiger partial charge in [0.15, 0.2) is 10.2 Å². The van der Waals surface area contributed by atoms with Crippen LogP contribution in [0.3, 0.4) is 0 Å². The third kappa shape index (κ3) is 3.09. The molecule has 1 aromatic carbocycles. The molecule has 10 heteroatoms. The number of esters is 1. The summed E-state index contributed by atoms with van der Waals surface area (Å²) in [6.07, 6.45) is 0.583. The first kappa shape index (κ1) is 18.8. The number of nitro benzene ring substituents is 1. The quantitative estimate of drug-likeness (QED) is 0.236. The highest BCUT2D eigenvalue weighted by molar-refractivity contribution is 7.88. The second-order valence-corrected chi connectivity index (χ2v) is 9.11. The second kappa shape index (κ2) is 6.96. The number of hydrogen-bond acceptors (Lipinski definition) is 6. The largest absolute Gasteiger partial charge is 0.459 e. The van der Waals surface area contributed by atoms with Gasteiger partial charge in [0.1, 0.15) is 6.61 Å². The highest BCUT2D eigenvalue weighted by atomic mass is 35.5. The number of ether oxygens (including phenoxy) is 1. The minimum Gasteiger partial charge on any atom is -0.459 e. The van der Waals surface area contributed by atoms with Crippen molar-refractivity contribution >= 4 is 40.0 Å². The Hall–Kier alpha value is -2.00. The van der Waals surface area contributed by atoms with E-state index in [1.807, 2.05) is 0 Å². The first-order valence-corrected chi connectivity index (χ1v) is 9.76. The minimum absolute atomic E-state index is 0.0667. The van der Waals surface area contributed by atoms with Crippen LogP contribution < -0.4 is 0 Å². The summed E-state index contributed by atoms with van der Waals surface area (Å²) in [5.74, 6) is -0.650. The van der Waals surface area contributed by atoms with E-state index in [-0.39, 0.29) is 36.4 Å². The summed E-state index contributed by atoms with van der Waals surface area (Å²) in [5.41, 5.74) is 0.494. The lowest BCUT2D eigenvalue weighted by Crippen LogP contribution is -2.58. The molecule has 2 heterocycles. The zero-order valence-electron chi connectivity index (χ0n) is 13.9. The Morgan fingerprint density at radius 1 is 1.46 bits per heavy atom. The Morgan fingerprint density at radius 3 is 2.65 bits per heavy atom. The number of β-lactam (4-membered cyclic amide) rings is 1. The van der Waals surface area contributed by atoms with Crippen LogP contribution in [0.1, 0.15) is 25.3 Å². The first-order valence-electron chi connectivity index (χ1n) is 8.06. The number of halogens is 1. The average Bonchev–Trinajstić information content (AvgIpc) is 2.87. The van der Waals surface area contributed by atoms with Crippen molar-refractivity contribution in [2.45, 2.75) is 42.7 Å². The maximum atomic E-state index is 12.6. The molecule has 2 aliphatic heterocycles. The predicted molar refractivity (Wildman–Crippen MR) is 93.8 cm³/mol. The summed E-state index contributed by atoms with van der Waals surface area (Å²) in [6.45, 7) is 1.59. The fourth-order valence-electron chi connectivity index (χ4n) is 3.36. The highest BCUT2D eigenvalue weighted by Gasteiger charge is 2.64. The molecule has 0 N–H and O–H groups in total. The van der Waals surface area contributed by atoms with Crippen LogP contribution in [0.4, 0.5) is 5.69 Å². The standard InChI is InChI=1S/C16H17ClN2O6S/c1-2-26(24)16(17)8-12-7-13(20)18(12)14(16)15(21)25-9-10-3-5-11(6-4-10)19(22)23/h3-6,12,14H,2,7-9H2,1H3. The molecule has 0 saturated carbocycles. The minimum atomic E-state index is -1.50. The lowest BCUT2D eigenvalue weighted by molar-refractivity contribution is -0.384. The van der Waals surface area contributed by atoms with Gasteiger partial charge in [-0.15, -0.1) is 11.6 Å². The van der Waals surface area contributed by atoms with E-state index >= 15 is 0 Å². The predicted octanol–water partition coefficient (Wildman–Crippen LogP) is 1.71. The lowest BCUT2D eigenvalue weighted by atomic mass is 10.0. The van der Waals surface area contributed by atoms with E-state index in [0.29, 0.717) is 12.0 Å². The molecular formula is C16H17ClN2O6S. The molecule has 3 rings (SSSR count). The van der Waals surface area contributed by atoms with E-state index in [9.17, 15) is 23.9 Å². The topological polar surface area (TPSA) is 107 Å². The van der Waals surface area contributed by atoms with Gasteiger partial charge >= 0.3 is 5.97 Å². The number of hydrogen-bond donors (Lipinski definition) is 0. The van der Waals surface area contributed by atoms with Gasteiger partial charge in [-0.25, -0.2) is 4.79 Å². The maximum absolute atomic E-state index is 12.6. The van der Waals surface area contributed by atoms with E-state index in [1.54, 1.807) is 6.92 Å². The number of nitrogens with zero attached hydrogens (tertiary/aromatic N) is 2. The highest BCUT2D eigenvalue weighted by Crippen LogP contribution is 2.47. The molecular weight excluding hydrogens is 384 g/mol. The number of amides is 1. The Bertz CT molecular complexity index is 785. The molecule has 1 amide bonds. The zero-order chi connectivity index (χ0) is 19.1. The van der Waals surface area contributed by atoms with Crippen molar-refractivity contribution in [1.29, 1.82) is 0 Å². The molecule has 2 fully saturated rings. The van der Waals surface area contributed by atoms with Gasteiger partial charge in [-0.2, -0.15) is 0 Å². The van der Waals surface area contributed by atoms with Gasteiger partial charge in [0.25, 0.3) is 5.69 Å². The third-order valence-electron chi connectivity index (χ3n) is 4.68. The van der Waals surface area contributed by atoms with Gasteiger partial charge < -0.3 is 9.64 Å². The van der Waals surface area contributed by atoms with Crippen molar-refractivity contribution in [2.24, 2.45) is 0 Å². The normalized spacial score (nSPS) is 28.2. The zero-order valence-corrected chi connectivity index (χ0v) is 15.5. The van der Waals surface area contributed by atoms with Crippen molar-refractivity contribution in [3.05, 3.63) is 39.9 Å². The average molecular weight is 401 g/mol. The first-order chi connectivity index (χ1) is 12.3. The molecule has 0 aliphatic carbocycles. The molecule has 26 heavy (non-hydrogen) atoms. The number of benzene rings is 1. The van der Waals surface area contributed by atoms with E-state index in [1.165, 1.54) is 29.2 Å². The van der Waals surface area contributed by atoms with Gasteiger partial charge in [-0.3, -0.25) is 19.1 Å². The van der Waals surface area contributed by atoms with Gasteiger partial charge in [0, 0.05) is 47.6 Å². The third-order valence-corrected chi connectivity index (χ3v) is 7.23. The van der Waals surface area contributed by atoms with Crippen LogP contribution in [0.2, 0.25) is 0 Å². The van der Waals surface area contributed by atoms with Crippen LogP contribution in [-0.4, -0.2) is 48.0 Å². The van der Waals surface area contributed by atoms with Crippen molar-refractivity contribution < 1.29 is 23.5 Å². The molecule has 4 unspecified atom stereocenters. The van der Waals surface area contributed by atoms with Crippen LogP contribution in [0.5, 0.6) is 0 Å². The van der Waals surface area contributed by atoms with Gasteiger partial charge in [-0.05, 0) is 17.7 Å². The SMILES string of the molecule is CCS(=O)C1(Cl)CC2CC(=O)N2C1C(=O)OCc1ccc([N+](=O)[O-])cc1. The molecule has 0 spiro atoms. The van der Waals surface area contributed by atoms with Crippen LogP contribution in [-0.2, 0) is 31.7 Å². The van der Waals surface area contributed by atoms with Crippen molar-refractivity contribution in [3.63, 3.8) is 0 Å². The summed E-state index contributed by atoms with van der Waals surface area (Å²) in [6, 6.07) is 4.31. The number of carbonyl (C=O) groups excluding carboxylic acids is 2. The summed E-state index contributed by atoms with van der Waals surface area (Å²) >= 11 is 6.54. The lowest BCUT2D eigenvalue weighted by Gasteiger charge is -2.38. The van der Waals surface area contributed by atoms with Crippen LogP contribution >= 0.6 is 11.6 Å². The Kier molecular flexibility index (Phi) is 5.03. The molecule has 4 atom stereocenters. The number of carbonyl (C=O) groups is 2. The van der Waals surface area contributed by atoms with Crippen molar-refractivity contribution in [1.82, 2.24) is 4.90 Å². The maximum Gasteiger partial charge on any atom is 0.332 e. The number of non-ortho nitro benzene ring substituents is 1. The summed E-state index contributed by atoms with van der Waals surface area (Å²) < 4.78 is 16.4. The van der Waals surface area contributed by atoms with E-state index in [0.717, 1.165) is 0 Å². The monoisotopic (exact) mass is 400 g/mol. The van der Waals surface area contributed by atoms with Gasteiger partial charge in [-0.1, -0.05) is 6.92 Å². The van der Waals surface area contributed by atoms with Crippen LogP contribution in [0.15, 0.2) is 24.3 Å². The number of rotatable bonds is 6. The Labute approximate surface area is 157 Å². The van der Waals surface area contributed by atoms with Gasteiger partial charge in [0.05, 0.1) is 4.92 Å². The number of nitro groups is 1. The van der Waals surface area contributed by atoms with Crippen molar-refractivity contribution in [2.75, 3.05) is 5.75 Å². The summed E-state index contributed by atoms with van der Waals surface area (Å²) in [7, 11) is -1.50. The van der Waals surface area contributed by atoms with E-state index in [2.05, 4.69) is 0 Å². The molecule has 0 bridgehead atoms. The smallest absolute Gasteiger partial charge is 0.332 e. The Balaban J connectivity index is 1.73. The molecule has 8 nitrogen and oxygen atoms in total. The van der Waals surface area contributed by atoms with Gasteiger partial charge in [0.2, 0.25) is 5.91 Å². The summed E-state index contributed by atoms with van der Waals surface area (Å²) in [4.78, 5) is 36.0. The Morgan fingerprint density at radius 2 is 2.12 bits per heavy atom. The molecule has 2 saturated heterocycles. The van der Waals surface area contributed by atoms with E-state index < -0.39 is 31.9 Å². The van der Waals surface area contributed by atoms with E-state index in [4.69, 9.17) is 16.3 Å². The molecule has 0 aromatic heterocycles. The number of fused-ring (bicyclic) bond motifs is 1. The molecule has 140 valence electrons. The van der Waals surface area contributed by atoms with Crippen LogP contribution in [0.25, 0.3) is 0 Å². The molecule has 1 aromatic rings. The fraction of sp³-hybridized carbons (Fsp3) is 0.500. The second-order valence-electron chi connectivity index (χ2n) is 6.22. The molecule has 2 aliphatic rings.